The molecule has 2 aromatic heterocycles. The maximum absolute atomic E-state index is 10.7. The molecule has 4 N–H and O–H groups in total. The Morgan fingerprint density at radius 1 is 1.38 bits per heavy atom. The predicted molar refractivity (Wildman–Crippen MR) is 74.2 cm³/mol. The van der Waals surface area contributed by atoms with E-state index >= 15 is 0 Å². The number of nitrogens with two attached hydrogens (primary N) is 1. The van der Waals surface area contributed by atoms with Crippen LogP contribution in [0, 0.1) is 11.8 Å². The molecule has 0 saturated heterocycles. The molecule has 2 unspecified atom stereocenters. The molecule has 21 heavy (non-hydrogen) atoms. The summed E-state index contributed by atoms with van der Waals surface area (Å²) in [6.45, 7) is 1.09. The second kappa shape index (κ2) is 5.34. The van der Waals surface area contributed by atoms with E-state index in [0.717, 1.165) is 13.0 Å². The van der Waals surface area contributed by atoms with E-state index in [-0.39, 0.29) is 0 Å². The van der Waals surface area contributed by atoms with Crippen molar-refractivity contribution in [2.45, 2.75) is 13.0 Å². The van der Waals surface area contributed by atoms with Gasteiger partial charge in [-0.2, -0.15) is 0 Å². The summed E-state index contributed by atoms with van der Waals surface area (Å²) < 4.78 is 17.6. The van der Waals surface area contributed by atoms with Gasteiger partial charge in [0.05, 0.1) is 12.9 Å². The zero-order chi connectivity index (χ0) is 15.0. The van der Waals surface area contributed by atoms with Gasteiger partial charge in [-0.05, 0) is 18.3 Å². The standard InChI is InChI=1S/C11H16N5O4P/c12-10-9-11(14-4-13-10)16(5-15-9)2-7-1-8(7)3-20-6-21(17,18)19/h4-5,7-8H,1-3,6H2,(H2,12,13,14)(H2,17,18,19). The van der Waals surface area contributed by atoms with Crippen LogP contribution in [0.25, 0.3) is 11.2 Å². The minimum atomic E-state index is -4.08. The van der Waals surface area contributed by atoms with E-state index in [4.69, 9.17) is 20.3 Å². The topological polar surface area (TPSA) is 136 Å². The lowest BCUT2D eigenvalue weighted by atomic mass is 10.3. The molecule has 0 radical (unpaired) electrons. The zero-order valence-corrected chi connectivity index (χ0v) is 12.1. The predicted octanol–water partition coefficient (Wildman–Crippen LogP) is 0.196. The molecule has 0 spiro atoms. The van der Waals surface area contributed by atoms with E-state index in [0.29, 0.717) is 35.4 Å². The van der Waals surface area contributed by atoms with Crippen molar-refractivity contribution in [3.05, 3.63) is 12.7 Å². The molecule has 1 aliphatic carbocycles. The van der Waals surface area contributed by atoms with Gasteiger partial charge in [0.2, 0.25) is 0 Å². The second-order valence-corrected chi connectivity index (χ2v) is 6.84. The SMILES string of the molecule is Nc1ncnc2c1ncn2CC1CC1COCP(=O)(O)O. The van der Waals surface area contributed by atoms with Gasteiger partial charge >= 0.3 is 7.60 Å². The Hall–Kier alpha value is -1.54. The summed E-state index contributed by atoms with van der Waals surface area (Å²) in [6.07, 6.45) is 3.53. The molecule has 2 heterocycles. The summed E-state index contributed by atoms with van der Waals surface area (Å²) in [7, 11) is -4.08. The van der Waals surface area contributed by atoms with E-state index in [9.17, 15) is 4.57 Å². The largest absolute Gasteiger partial charge is 0.382 e. The van der Waals surface area contributed by atoms with E-state index < -0.39 is 13.9 Å². The van der Waals surface area contributed by atoms with Crippen LogP contribution in [0.4, 0.5) is 5.82 Å². The number of ether oxygens (including phenoxy) is 1. The monoisotopic (exact) mass is 313 g/mol. The smallest absolute Gasteiger partial charge is 0.350 e. The molecular weight excluding hydrogens is 297 g/mol. The maximum atomic E-state index is 10.7. The minimum absolute atomic E-state index is 0.313. The number of aromatic nitrogens is 4. The van der Waals surface area contributed by atoms with Gasteiger partial charge in [-0.25, -0.2) is 15.0 Å². The molecule has 114 valence electrons. The molecule has 9 nitrogen and oxygen atoms in total. The summed E-state index contributed by atoms with van der Waals surface area (Å²) in [4.78, 5) is 29.7. The van der Waals surface area contributed by atoms with Crippen molar-refractivity contribution in [3.63, 3.8) is 0 Å². The average Bonchev–Trinajstić information content (AvgIpc) is 2.98. The number of nitrogen functional groups attached to an aromatic ring is 1. The lowest BCUT2D eigenvalue weighted by Crippen LogP contribution is -2.05. The first kappa shape index (κ1) is 14.4. The third-order valence-electron chi connectivity index (χ3n) is 3.52. The highest BCUT2D eigenvalue weighted by molar-refractivity contribution is 7.51. The third-order valence-corrected chi connectivity index (χ3v) is 4.04. The molecule has 1 saturated carbocycles. The Bertz CT molecular complexity index is 699. The Labute approximate surface area is 120 Å². The molecule has 0 aliphatic heterocycles. The van der Waals surface area contributed by atoms with Gasteiger partial charge in [-0.1, -0.05) is 0 Å². The van der Waals surface area contributed by atoms with Crippen LogP contribution < -0.4 is 5.73 Å². The summed E-state index contributed by atoms with van der Waals surface area (Å²) >= 11 is 0. The van der Waals surface area contributed by atoms with Crippen LogP contribution in [0.3, 0.4) is 0 Å². The number of rotatable bonds is 6. The van der Waals surface area contributed by atoms with Gasteiger partial charge in [-0.3, -0.25) is 4.57 Å². The van der Waals surface area contributed by atoms with Crippen molar-refractivity contribution in [2.75, 3.05) is 18.7 Å². The van der Waals surface area contributed by atoms with Crippen LogP contribution in [-0.4, -0.2) is 42.3 Å². The van der Waals surface area contributed by atoms with Gasteiger partial charge in [0.15, 0.2) is 11.5 Å². The number of fused-ring (bicyclic) bond motifs is 1. The fourth-order valence-electron chi connectivity index (χ4n) is 2.35. The molecule has 1 fully saturated rings. The van der Waals surface area contributed by atoms with Crippen molar-refractivity contribution in [1.82, 2.24) is 19.5 Å². The number of hydrogen-bond acceptors (Lipinski definition) is 6. The summed E-state index contributed by atoms with van der Waals surface area (Å²) in [6, 6.07) is 0. The van der Waals surface area contributed by atoms with Gasteiger partial charge < -0.3 is 24.8 Å². The first-order chi connectivity index (χ1) is 9.94. The van der Waals surface area contributed by atoms with Crippen LogP contribution in [-0.2, 0) is 15.8 Å². The second-order valence-electron chi connectivity index (χ2n) is 5.25. The van der Waals surface area contributed by atoms with Crippen molar-refractivity contribution >= 4 is 24.6 Å². The lowest BCUT2D eigenvalue weighted by molar-refractivity contribution is 0.142. The van der Waals surface area contributed by atoms with Crippen molar-refractivity contribution in [2.24, 2.45) is 11.8 Å². The van der Waals surface area contributed by atoms with Crippen LogP contribution >= 0.6 is 7.60 Å². The molecule has 10 heteroatoms. The Balaban J connectivity index is 1.56. The van der Waals surface area contributed by atoms with Crippen molar-refractivity contribution in [1.29, 1.82) is 0 Å². The molecule has 0 bridgehead atoms. The number of anilines is 1. The molecule has 1 aliphatic rings. The summed E-state index contributed by atoms with van der Waals surface area (Å²) in [5, 5.41) is 0. The first-order valence-corrected chi connectivity index (χ1v) is 8.27. The lowest BCUT2D eigenvalue weighted by Gasteiger charge is -2.06. The molecule has 2 atom stereocenters. The van der Waals surface area contributed by atoms with Gasteiger partial charge in [-0.15, -0.1) is 0 Å². The first-order valence-electron chi connectivity index (χ1n) is 6.47. The quantitative estimate of drug-likeness (QED) is 0.643. The average molecular weight is 313 g/mol. The minimum Gasteiger partial charge on any atom is -0.382 e. The zero-order valence-electron chi connectivity index (χ0n) is 11.2. The highest BCUT2D eigenvalue weighted by Crippen LogP contribution is 2.42. The van der Waals surface area contributed by atoms with Gasteiger partial charge in [0, 0.05) is 6.54 Å². The van der Waals surface area contributed by atoms with Gasteiger partial charge in [0.25, 0.3) is 0 Å². The van der Waals surface area contributed by atoms with E-state index in [1.807, 2.05) is 4.57 Å². The fourth-order valence-corrected chi connectivity index (χ4v) is 2.69. The van der Waals surface area contributed by atoms with Gasteiger partial charge in [0.1, 0.15) is 18.2 Å². The van der Waals surface area contributed by atoms with Crippen LogP contribution in [0.1, 0.15) is 6.42 Å². The Morgan fingerprint density at radius 2 is 2.19 bits per heavy atom. The van der Waals surface area contributed by atoms with Crippen molar-refractivity contribution < 1.29 is 19.1 Å². The summed E-state index contributed by atoms with van der Waals surface area (Å²) in [5.74, 6) is 1.07. The van der Waals surface area contributed by atoms with E-state index in [1.165, 1.54) is 6.33 Å². The maximum Gasteiger partial charge on any atom is 0.350 e. The molecule has 3 rings (SSSR count). The van der Waals surface area contributed by atoms with E-state index in [2.05, 4.69) is 15.0 Å². The Kier molecular flexibility index (Phi) is 3.66. The number of imidazole rings is 1. The highest BCUT2D eigenvalue weighted by atomic mass is 31.2. The summed E-state index contributed by atoms with van der Waals surface area (Å²) in [5.41, 5.74) is 7.02. The Morgan fingerprint density at radius 3 is 2.95 bits per heavy atom. The van der Waals surface area contributed by atoms with Crippen LogP contribution in [0.5, 0.6) is 0 Å². The van der Waals surface area contributed by atoms with E-state index in [1.54, 1.807) is 6.33 Å². The molecule has 0 amide bonds. The fraction of sp³-hybridized carbons (Fsp3) is 0.545. The molecule has 0 aromatic carbocycles. The third kappa shape index (κ3) is 3.38. The van der Waals surface area contributed by atoms with Crippen LogP contribution in [0.2, 0.25) is 0 Å². The normalized spacial score (nSPS) is 21.8. The van der Waals surface area contributed by atoms with Crippen molar-refractivity contribution in [3.8, 4) is 0 Å². The molecular formula is C11H16N5O4P. The molecule has 2 aromatic rings. The number of hydrogen-bond donors (Lipinski definition) is 3. The van der Waals surface area contributed by atoms with Crippen LogP contribution in [0.15, 0.2) is 12.7 Å². The highest BCUT2D eigenvalue weighted by Gasteiger charge is 2.38. The number of nitrogens with zero attached hydrogens (tertiary/aromatic N) is 4.